The number of hydrogen-bond donors (Lipinski definition) is 0. The van der Waals surface area contributed by atoms with Crippen LogP contribution in [0.3, 0.4) is 0 Å². The van der Waals surface area contributed by atoms with E-state index in [0.29, 0.717) is 18.8 Å². The third-order valence-electron chi connectivity index (χ3n) is 4.05. The maximum absolute atomic E-state index is 8.98. The summed E-state index contributed by atoms with van der Waals surface area (Å²) in [5.74, 6) is 1.68. The number of pyridine rings is 2. The van der Waals surface area contributed by atoms with Crippen molar-refractivity contribution in [1.29, 1.82) is 5.26 Å². The van der Waals surface area contributed by atoms with Gasteiger partial charge in [-0.15, -0.1) is 0 Å². The van der Waals surface area contributed by atoms with Crippen LogP contribution in [0.15, 0.2) is 24.5 Å². The first-order valence-electron chi connectivity index (χ1n) is 7.92. The van der Waals surface area contributed by atoms with Gasteiger partial charge in [0.05, 0.1) is 18.4 Å². The number of nitrogens with zero attached hydrogens (tertiary/aromatic N) is 4. The van der Waals surface area contributed by atoms with Gasteiger partial charge in [-0.1, -0.05) is 0 Å². The van der Waals surface area contributed by atoms with E-state index in [-0.39, 0.29) is 0 Å². The van der Waals surface area contributed by atoms with Crippen LogP contribution in [0.1, 0.15) is 22.4 Å². The summed E-state index contributed by atoms with van der Waals surface area (Å²) in [6.45, 7) is 4.66. The zero-order valence-corrected chi connectivity index (χ0v) is 14.0. The Labute approximate surface area is 141 Å². The lowest BCUT2D eigenvalue weighted by molar-refractivity contribution is 0.146. The fraction of sp³-hybridized carbons (Fsp3) is 0.389. The standard InChI is InChI=1S/C18H20N4O2/c1-13-7-14(9-19)10-21-18(13)22-4-3-17-15(12-22)8-16(11-20-17)24-6-5-23-2/h7-8,10-11H,3-6,12H2,1-2H3. The van der Waals surface area contributed by atoms with Crippen LogP contribution in [0.4, 0.5) is 5.82 Å². The Bertz CT molecular complexity index is 770. The molecule has 2 aromatic rings. The van der Waals surface area contributed by atoms with Crippen LogP contribution in [-0.4, -0.2) is 36.8 Å². The largest absolute Gasteiger partial charge is 0.490 e. The molecule has 0 amide bonds. The average Bonchev–Trinajstić information content (AvgIpc) is 2.61. The Balaban J connectivity index is 1.78. The molecule has 1 aliphatic rings. The maximum Gasteiger partial charge on any atom is 0.138 e. The number of nitriles is 1. The van der Waals surface area contributed by atoms with E-state index in [1.165, 1.54) is 0 Å². The summed E-state index contributed by atoms with van der Waals surface area (Å²) in [5, 5.41) is 8.98. The highest BCUT2D eigenvalue weighted by Gasteiger charge is 2.20. The molecule has 0 unspecified atom stereocenters. The molecule has 3 rings (SSSR count). The van der Waals surface area contributed by atoms with Gasteiger partial charge in [0.1, 0.15) is 24.2 Å². The topological polar surface area (TPSA) is 71.3 Å². The quantitative estimate of drug-likeness (QED) is 0.786. The van der Waals surface area contributed by atoms with Gasteiger partial charge in [0.25, 0.3) is 0 Å². The lowest BCUT2D eigenvalue weighted by Crippen LogP contribution is -2.32. The van der Waals surface area contributed by atoms with Crippen molar-refractivity contribution in [2.24, 2.45) is 0 Å². The molecule has 0 radical (unpaired) electrons. The van der Waals surface area contributed by atoms with Crippen LogP contribution in [0.5, 0.6) is 5.75 Å². The fourth-order valence-electron chi connectivity index (χ4n) is 2.87. The van der Waals surface area contributed by atoms with Crippen molar-refractivity contribution in [2.45, 2.75) is 19.9 Å². The first kappa shape index (κ1) is 16.2. The van der Waals surface area contributed by atoms with E-state index in [4.69, 9.17) is 14.7 Å². The van der Waals surface area contributed by atoms with Crippen LogP contribution in [0.25, 0.3) is 0 Å². The van der Waals surface area contributed by atoms with Crippen LogP contribution in [0, 0.1) is 18.3 Å². The third-order valence-corrected chi connectivity index (χ3v) is 4.05. The Morgan fingerprint density at radius 2 is 2.12 bits per heavy atom. The summed E-state index contributed by atoms with van der Waals surface area (Å²) in [6, 6.07) is 6.05. The molecule has 0 spiro atoms. The maximum atomic E-state index is 8.98. The minimum absolute atomic E-state index is 0.511. The van der Waals surface area contributed by atoms with Gasteiger partial charge in [0.15, 0.2) is 0 Å². The molecule has 0 saturated carbocycles. The SMILES string of the molecule is COCCOc1cnc2c(c1)CN(c1ncc(C#N)cc1C)CC2. The van der Waals surface area contributed by atoms with Gasteiger partial charge in [-0.2, -0.15) is 5.26 Å². The lowest BCUT2D eigenvalue weighted by atomic mass is 10.0. The van der Waals surface area contributed by atoms with Crippen molar-refractivity contribution in [1.82, 2.24) is 9.97 Å². The summed E-state index contributed by atoms with van der Waals surface area (Å²) >= 11 is 0. The number of fused-ring (bicyclic) bond motifs is 1. The van der Waals surface area contributed by atoms with Gasteiger partial charge < -0.3 is 14.4 Å². The molecule has 0 fully saturated rings. The van der Waals surface area contributed by atoms with Crippen molar-refractivity contribution in [3.63, 3.8) is 0 Å². The number of methoxy groups -OCH3 is 1. The van der Waals surface area contributed by atoms with Gasteiger partial charge in [0.2, 0.25) is 0 Å². The zero-order chi connectivity index (χ0) is 16.9. The Morgan fingerprint density at radius 3 is 2.88 bits per heavy atom. The Kier molecular flexibility index (Phi) is 4.92. The predicted octanol–water partition coefficient (Wildman–Crippen LogP) is 2.24. The summed E-state index contributed by atoms with van der Waals surface area (Å²) in [4.78, 5) is 11.2. The zero-order valence-electron chi connectivity index (χ0n) is 14.0. The number of ether oxygens (including phenoxy) is 2. The minimum Gasteiger partial charge on any atom is -0.490 e. The molecule has 0 aliphatic carbocycles. The third kappa shape index (κ3) is 3.47. The van der Waals surface area contributed by atoms with Gasteiger partial charge in [0, 0.05) is 38.5 Å². The predicted molar refractivity (Wildman–Crippen MR) is 90.1 cm³/mol. The van der Waals surface area contributed by atoms with Gasteiger partial charge in [-0.25, -0.2) is 4.98 Å². The molecule has 3 heterocycles. The normalized spacial score (nSPS) is 13.3. The number of aryl methyl sites for hydroxylation is 1. The highest BCUT2D eigenvalue weighted by molar-refractivity contribution is 5.51. The Hall–Kier alpha value is -2.65. The first-order valence-corrected chi connectivity index (χ1v) is 7.92. The second-order valence-corrected chi connectivity index (χ2v) is 5.77. The van der Waals surface area contributed by atoms with E-state index in [2.05, 4.69) is 20.9 Å². The smallest absolute Gasteiger partial charge is 0.138 e. The highest BCUT2D eigenvalue weighted by atomic mass is 16.5. The van der Waals surface area contributed by atoms with E-state index in [1.807, 2.05) is 19.1 Å². The number of anilines is 1. The van der Waals surface area contributed by atoms with Crippen molar-refractivity contribution in [2.75, 3.05) is 31.8 Å². The van der Waals surface area contributed by atoms with Crippen molar-refractivity contribution in [3.05, 3.63) is 46.9 Å². The lowest BCUT2D eigenvalue weighted by Gasteiger charge is -2.30. The molecule has 0 aromatic carbocycles. The summed E-state index contributed by atoms with van der Waals surface area (Å²) in [7, 11) is 1.65. The van der Waals surface area contributed by atoms with Crippen LogP contribution >= 0.6 is 0 Å². The molecule has 2 aromatic heterocycles. The average molecular weight is 324 g/mol. The van der Waals surface area contributed by atoms with Gasteiger partial charge in [-0.3, -0.25) is 4.98 Å². The molecule has 0 N–H and O–H groups in total. The molecular weight excluding hydrogens is 304 g/mol. The summed E-state index contributed by atoms with van der Waals surface area (Å²) in [5.41, 5.74) is 3.86. The van der Waals surface area contributed by atoms with Crippen molar-refractivity contribution in [3.8, 4) is 11.8 Å². The van der Waals surface area contributed by atoms with Gasteiger partial charge >= 0.3 is 0 Å². The minimum atomic E-state index is 0.511. The first-order chi connectivity index (χ1) is 11.7. The summed E-state index contributed by atoms with van der Waals surface area (Å²) in [6.07, 6.45) is 4.27. The Morgan fingerprint density at radius 1 is 1.25 bits per heavy atom. The molecule has 1 aliphatic heterocycles. The highest BCUT2D eigenvalue weighted by Crippen LogP contribution is 2.26. The summed E-state index contributed by atoms with van der Waals surface area (Å²) < 4.78 is 10.6. The molecule has 0 atom stereocenters. The number of hydrogen-bond acceptors (Lipinski definition) is 6. The molecule has 0 saturated heterocycles. The molecule has 124 valence electrons. The molecule has 6 heteroatoms. The van der Waals surface area contributed by atoms with Crippen LogP contribution in [-0.2, 0) is 17.7 Å². The monoisotopic (exact) mass is 324 g/mol. The molecule has 0 bridgehead atoms. The molecule has 24 heavy (non-hydrogen) atoms. The number of rotatable bonds is 5. The fourth-order valence-corrected chi connectivity index (χ4v) is 2.87. The molecule has 6 nitrogen and oxygen atoms in total. The van der Waals surface area contributed by atoms with E-state index < -0.39 is 0 Å². The molecular formula is C18H20N4O2. The van der Waals surface area contributed by atoms with Crippen molar-refractivity contribution >= 4 is 5.82 Å². The van der Waals surface area contributed by atoms with E-state index in [1.54, 1.807) is 19.5 Å². The second kappa shape index (κ2) is 7.28. The second-order valence-electron chi connectivity index (χ2n) is 5.77. The van der Waals surface area contributed by atoms with Crippen LogP contribution in [0.2, 0.25) is 0 Å². The van der Waals surface area contributed by atoms with E-state index >= 15 is 0 Å². The van der Waals surface area contributed by atoms with Crippen LogP contribution < -0.4 is 9.64 Å². The number of aromatic nitrogens is 2. The van der Waals surface area contributed by atoms with Crippen molar-refractivity contribution < 1.29 is 9.47 Å². The van der Waals surface area contributed by atoms with E-state index in [9.17, 15) is 0 Å². The van der Waals surface area contributed by atoms with E-state index in [0.717, 1.165) is 47.9 Å². The van der Waals surface area contributed by atoms with Gasteiger partial charge in [-0.05, 0) is 30.2 Å².